The first-order chi connectivity index (χ1) is 23.1. The van der Waals surface area contributed by atoms with Crippen molar-refractivity contribution < 1.29 is 18.8 Å². The van der Waals surface area contributed by atoms with E-state index in [0.29, 0.717) is 48.8 Å². The van der Waals surface area contributed by atoms with Gasteiger partial charge in [-0.2, -0.15) is 4.98 Å². The second-order valence-electron chi connectivity index (χ2n) is 13.7. The minimum atomic E-state index is -0.387. The van der Waals surface area contributed by atoms with E-state index >= 15 is 0 Å². The number of hydrogen-bond donors (Lipinski definition) is 0. The van der Waals surface area contributed by atoms with Gasteiger partial charge < -0.3 is 19.1 Å². The molecule has 48 heavy (non-hydrogen) atoms. The zero-order valence-electron chi connectivity index (χ0n) is 28.3. The Labute approximate surface area is 282 Å². The van der Waals surface area contributed by atoms with E-state index in [0.717, 1.165) is 30.0 Å². The molecule has 4 aromatic carbocycles. The van der Waals surface area contributed by atoms with Gasteiger partial charge in [0.1, 0.15) is 6.04 Å². The Kier molecular flexibility index (Phi) is 10.0. The van der Waals surface area contributed by atoms with Crippen LogP contribution < -0.4 is 0 Å². The van der Waals surface area contributed by atoms with Gasteiger partial charge >= 0.3 is 0 Å². The van der Waals surface area contributed by atoms with Crippen LogP contribution >= 0.6 is 0 Å². The zero-order valence-corrected chi connectivity index (χ0v) is 28.3. The van der Waals surface area contributed by atoms with E-state index in [4.69, 9.17) is 14.2 Å². The molecule has 1 saturated heterocycles. The van der Waals surface area contributed by atoms with E-state index < -0.39 is 0 Å². The van der Waals surface area contributed by atoms with Crippen LogP contribution in [0.3, 0.4) is 0 Å². The highest BCUT2D eigenvalue weighted by atomic mass is 16.5. The fourth-order valence-corrected chi connectivity index (χ4v) is 6.38. The van der Waals surface area contributed by atoms with Crippen molar-refractivity contribution in [1.82, 2.24) is 19.9 Å². The van der Waals surface area contributed by atoms with Crippen LogP contribution in [-0.2, 0) is 24.0 Å². The molecule has 2 atom stereocenters. The molecule has 0 saturated carbocycles. The molecule has 2 amide bonds. The third kappa shape index (κ3) is 8.17. The number of ether oxygens (including phenoxy) is 1. The van der Waals surface area contributed by atoms with Crippen LogP contribution in [0.25, 0.3) is 10.8 Å². The van der Waals surface area contributed by atoms with Crippen LogP contribution in [0.4, 0.5) is 0 Å². The molecule has 1 aliphatic rings. The number of amides is 2. The van der Waals surface area contributed by atoms with Gasteiger partial charge in [-0.25, -0.2) is 0 Å². The number of benzene rings is 4. The first-order valence-electron chi connectivity index (χ1n) is 16.8. The van der Waals surface area contributed by atoms with Crippen LogP contribution in [0.15, 0.2) is 102 Å². The molecule has 0 spiro atoms. The lowest BCUT2D eigenvalue weighted by Crippen LogP contribution is -2.34. The number of fused-ring (bicyclic) bond motifs is 1. The molecule has 5 aromatic rings. The van der Waals surface area contributed by atoms with Crippen molar-refractivity contribution in [3.63, 3.8) is 0 Å². The SMILES string of the molecule is CN(CCc1ccccc1)C(=O)c1ccc2cc(C(=O)N3C[C@H](OC(C)(C)C)C[C@@H]3c3nc(CCCc4ccccc4)no3)ccc2c1. The Morgan fingerprint density at radius 3 is 2.15 bits per heavy atom. The van der Waals surface area contributed by atoms with Crippen LogP contribution in [0.1, 0.15) is 83.2 Å². The van der Waals surface area contributed by atoms with Crippen molar-refractivity contribution in [2.24, 2.45) is 0 Å². The van der Waals surface area contributed by atoms with Crippen molar-refractivity contribution >= 4 is 22.6 Å². The van der Waals surface area contributed by atoms with Gasteiger partial charge in [-0.15, -0.1) is 0 Å². The molecule has 0 aliphatic carbocycles. The summed E-state index contributed by atoms with van der Waals surface area (Å²) in [6.45, 7) is 7.11. The average Bonchev–Trinajstić information content (AvgIpc) is 3.73. The predicted octanol–water partition coefficient (Wildman–Crippen LogP) is 7.48. The largest absolute Gasteiger partial charge is 0.371 e. The second kappa shape index (κ2) is 14.5. The Hall–Kier alpha value is -4.82. The van der Waals surface area contributed by atoms with Crippen molar-refractivity contribution in [3.05, 3.63) is 131 Å². The molecule has 8 nitrogen and oxygen atoms in total. The normalized spacial score (nSPS) is 16.4. The number of likely N-dealkylation sites (N-methyl/N-ethyl adjacent to an activating group) is 1. The van der Waals surface area contributed by atoms with Gasteiger partial charge in [-0.3, -0.25) is 9.59 Å². The highest BCUT2D eigenvalue weighted by Gasteiger charge is 2.41. The third-order valence-corrected chi connectivity index (χ3v) is 8.78. The number of hydrogen-bond acceptors (Lipinski definition) is 6. The maximum Gasteiger partial charge on any atom is 0.254 e. The summed E-state index contributed by atoms with van der Waals surface area (Å²) >= 11 is 0. The van der Waals surface area contributed by atoms with Gasteiger partial charge in [0.25, 0.3) is 11.8 Å². The quantitative estimate of drug-likeness (QED) is 0.148. The minimum Gasteiger partial charge on any atom is -0.371 e. The molecular formula is C40H44N4O4. The number of nitrogens with zero attached hydrogens (tertiary/aromatic N) is 4. The summed E-state index contributed by atoms with van der Waals surface area (Å²) < 4.78 is 12.1. The number of likely N-dealkylation sites (tertiary alicyclic amines) is 1. The summed E-state index contributed by atoms with van der Waals surface area (Å²) in [7, 11) is 1.83. The monoisotopic (exact) mass is 644 g/mol. The summed E-state index contributed by atoms with van der Waals surface area (Å²) in [5.74, 6) is 0.942. The number of carbonyl (C=O) groups excluding carboxylic acids is 2. The number of carbonyl (C=O) groups is 2. The zero-order chi connectivity index (χ0) is 33.7. The Morgan fingerprint density at radius 1 is 0.854 bits per heavy atom. The maximum atomic E-state index is 14.1. The van der Waals surface area contributed by atoms with E-state index in [-0.39, 0.29) is 29.6 Å². The van der Waals surface area contributed by atoms with Gasteiger partial charge in [0.2, 0.25) is 5.89 Å². The van der Waals surface area contributed by atoms with E-state index in [1.54, 1.807) is 9.80 Å². The van der Waals surface area contributed by atoms with Gasteiger partial charge in [0.05, 0.1) is 11.7 Å². The smallest absolute Gasteiger partial charge is 0.254 e. The molecule has 1 fully saturated rings. The molecule has 1 aromatic heterocycles. The number of aryl methyl sites for hydroxylation is 2. The van der Waals surface area contributed by atoms with Crippen LogP contribution in [-0.4, -0.2) is 63.6 Å². The fourth-order valence-electron chi connectivity index (χ4n) is 6.38. The Balaban J connectivity index is 1.15. The van der Waals surface area contributed by atoms with E-state index in [2.05, 4.69) is 29.4 Å². The molecular weight excluding hydrogens is 600 g/mol. The van der Waals surface area contributed by atoms with Crippen LogP contribution in [0.2, 0.25) is 0 Å². The molecule has 1 aliphatic heterocycles. The molecule has 2 heterocycles. The van der Waals surface area contributed by atoms with E-state index in [9.17, 15) is 9.59 Å². The predicted molar refractivity (Wildman–Crippen MR) is 187 cm³/mol. The second-order valence-corrected chi connectivity index (χ2v) is 13.7. The van der Waals surface area contributed by atoms with Crippen molar-refractivity contribution in [2.75, 3.05) is 20.1 Å². The Bertz CT molecular complexity index is 1850. The molecule has 0 N–H and O–H groups in total. The molecule has 0 bridgehead atoms. The summed E-state index contributed by atoms with van der Waals surface area (Å²) in [5.41, 5.74) is 3.29. The summed E-state index contributed by atoms with van der Waals surface area (Å²) in [4.78, 5) is 35.6. The van der Waals surface area contributed by atoms with E-state index in [1.165, 1.54) is 11.1 Å². The maximum absolute atomic E-state index is 14.1. The summed E-state index contributed by atoms with van der Waals surface area (Å²) in [6.07, 6.45) is 3.73. The standard InChI is InChI=1S/C40H44N4O4/c1-40(2,3)47-34-26-35(37-41-36(42-48-37)17-11-16-28-12-7-5-8-13-28)44(27-34)39(46)33-21-19-30-24-32(20-18-31(30)25-33)38(45)43(4)23-22-29-14-9-6-10-15-29/h5-10,12-15,18-21,24-25,34-35H,11,16-17,22-23,26-27H2,1-4H3/t34-,35-/m1/s1. The molecule has 0 radical (unpaired) electrons. The lowest BCUT2D eigenvalue weighted by Gasteiger charge is -2.25. The highest BCUT2D eigenvalue weighted by Crippen LogP contribution is 2.36. The summed E-state index contributed by atoms with van der Waals surface area (Å²) in [6, 6.07) is 31.4. The topological polar surface area (TPSA) is 88.8 Å². The lowest BCUT2D eigenvalue weighted by molar-refractivity contribution is -0.0535. The highest BCUT2D eigenvalue weighted by molar-refractivity contribution is 6.02. The van der Waals surface area contributed by atoms with Gasteiger partial charge in [0, 0.05) is 44.1 Å². The van der Waals surface area contributed by atoms with Crippen molar-refractivity contribution in [2.45, 2.75) is 70.6 Å². The first kappa shape index (κ1) is 33.1. The number of aromatic nitrogens is 2. The van der Waals surface area contributed by atoms with Gasteiger partial charge in [-0.1, -0.05) is 78.0 Å². The molecule has 248 valence electrons. The Morgan fingerprint density at radius 2 is 1.48 bits per heavy atom. The fraction of sp³-hybridized carbons (Fsp3) is 0.350. The molecule has 6 rings (SSSR count). The van der Waals surface area contributed by atoms with Crippen molar-refractivity contribution in [3.8, 4) is 0 Å². The number of rotatable bonds is 11. The van der Waals surface area contributed by atoms with Gasteiger partial charge in [-0.05, 0) is 86.2 Å². The molecule has 0 unspecified atom stereocenters. The third-order valence-electron chi connectivity index (χ3n) is 8.78. The minimum absolute atomic E-state index is 0.0308. The summed E-state index contributed by atoms with van der Waals surface area (Å²) in [5, 5.41) is 6.06. The molecule has 8 heteroatoms. The van der Waals surface area contributed by atoms with Crippen molar-refractivity contribution in [1.29, 1.82) is 0 Å². The van der Waals surface area contributed by atoms with E-state index in [1.807, 2.05) is 101 Å². The van der Waals surface area contributed by atoms with Crippen LogP contribution in [0.5, 0.6) is 0 Å². The lowest BCUT2D eigenvalue weighted by atomic mass is 10.0. The van der Waals surface area contributed by atoms with Gasteiger partial charge in [0.15, 0.2) is 5.82 Å². The van der Waals surface area contributed by atoms with Crippen LogP contribution in [0, 0.1) is 0 Å². The first-order valence-corrected chi connectivity index (χ1v) is 16.8. The average molecular weight is 645 g/mol.